The predicted octanol–water partition coefficient (Wildman–Crippen LogP) is 4.16. The van der Waals surface area contributed by atoms with Crippen molar-refractivity contribution in [3.05, 3.63) is 53.0 Å². The number of hydrogen-bond donors (Lipinski definition) is 1. The van der Waals surface area contributed by atoms with Crippen molar-refractivity contribution in [2.75, 3.05) is 20.0 Å². The molecule has 3 heterocycles. The van der Waals surface area contributed by atoms with Crippen LogP contribution in [-0.2, 0) is 6.54 Å². The molecule has 3 aromatic rings. The number of aromatic nitrogens is 1. The van der Waals surface area contributed by atoms with Crippen LogP contribution in [0, 0.1) is 0 Å². The smallest absolute Gasteiger partial charge is 0.231 e. The zero-order chi connectivity index (χ0) is 18.9. The van der Waals surface area contributed by atoms with E-state index < -0.39 is 0 Å². The van der Waals surface area contributed by atoms with Gasteiger partial charge in [0.2, 0.25) is 6.79 Å². The summed E-state index contributed by atoms with van der Waals surface area (Å²) in [5.74, 6) is 3.20. The third-order valence-corrected chi connectivity index (χ3v) is 5.77. The van der Waals surface area contributed by atoms with Crippen LogP contribution >= 0.6 is 11.3 Å². The largest absolute Gasteiger partial charge is 0.486 e. The van der Waals surface area contributed by atoms with Gasteiger partial charge in [0, 0.05) is 23.5 Å². The summed E-state index contributed by atoms with van der Waals surface area (Å²) in [5.41, 5.74) is 3.22. The number of thiazole rings is 1. The first-order valence-corrected chi connectivity index (χ1v) is 10.1. The van der Waals surface area contributed by atoms with Crippen LogP contribution in [0.15, 0.2) is 41.8 Å². The van der Waals surface area contributed by atoms with E-state index in [1.807, 2.05) is 30.3 Å². The molecule has 0 saturated carbocycles. The molecule has 0 bridgehead atoms. The van der Waals surface area contributed by atoms with E-state index in [2.05, 4.69) is 23.7 Å². The van der Waals surface area contributed by atoms with Crippen molar-refractivity contribution in [3.8, 4) is 33.6 Å². The second-order valence-corrected chi connectivity index (χ2v) is 7.58. The van der Waals surface area contributed by atoms with E-state index in [1.165, 1.54) is 0 Å². The molecular weight excluding hydrogens is 376 g/mol. The number of fused-ring (bicyclic) bond motifs is 2. The van der Waals surface area contributed by atoms with Crippen LogP contribution in [0.2, 0.25) is 0 Å². The maximum Gasteiger partial charge on any atom is 0.231 e. The quantitative estimate of drug-likeness (QED) is 0.699. The van der Waals surface area contributed by atoms with Gasteiger partial charge in [0.1, 0.15) is 18.2 Å². The lowest BCUT2D eigenvalue weighted by Gasteiger charge is -2.21. The van der Waals surface area contributed by atoms with Crippen LogP contribution in [0.25, 0.3) is 10.6 Å². The Morgan fingerprint density at radius 3 is 2.64 bits per heavy atom. The molecule has 1 unspecified atom stereocenters. The van der Waals surface area contributed by atoms with E-state index in [0.717, 1.165) is 44.8 Å². The van der Waals surface area contributed by atoms with Crippen LogP contribution in [0.4, 0.5) is 0 Å². The maximum atomic E-state index is 5.68. The number of ether oxygens (including phenoxy) is 4. The first kappa shape index (κ1) is 17.3. The molecule has 0 saturated heterocycles. The summed E-state index contributed by atoms with van der Waals surface area (Å²) < 4.78 is 22.1. The summed E-state index contributed by atoms with van der Waals surface area (Å²) in [6.07, 6.45) is 0. The zero-order valence-corrected chi connectivity index (χ0v) is 16.3. The van der Waals surface area contributed by atoms with Gasteiger partial charge in [-0.1, -0.05) is 6.07 Å². The minimum atomic E-state index is 0.173. The van der Waals surface area contributed by atoms with E-state index in [1.54, 1.807) is 11.3 Å². The van der Waals surface area contributed by atoms with Crippen molar-refractivity contribution in [1.82, 2.24) is 10.3 Å². The molecule has 0 fully saturated rings. The Morgan fingerprint density at radius 2 is 1.71 bits per heavy atom. The Hall–Kier alpha value is -2.77. The Bertz CT molecular complexity index is 1000. The van der Waals surface area contributed by atoms with E-state index in [9.17, 15) is 0 Å². The number of rotatable bonds is 5. The highest BCUT2D eigenvalue weighted by Gasteiger charge is 2.16. The standard InChI is InChI=1S/C21H20N2O4S/c1-13(14-2-4-17-19(8-14)25-7-6-24-17)22-10-16-11-28-21(23-16)15-3-5-18-20(9-15)27-12-26-18/h2-5,8-9,11,13,22H,6-7,10,12H2,1H3. The molecule has 0 amide bonds. The lowest BCUT2D eigenvalue weighted by molar-refractivity contribution is 0.171. The third kappa shape index (κ3) is 3.39. The normalized spacial score (nSPS) is 15.5. The Morgan fingerprint density at radius 1 is 0.964 bits per heavy atom. The van der Waals surface area contributed by atoms with Crippen molar-refractivity contribution in [2.45, 2.75) is 19.5 Å². The average Bonchev–Trinajstić information content (AvgIpc) is 3.40. The van der Waals surface area contributed by atoms with Crippen molar-refractivity contribution >= 4 is 11.3 Å². The summed E-state index contributed by atoms with van der Waals surface area (Å²) in [4.78, 5) is 4.76. The number of nitrogens with one attached hydrogen (secondary N) is 1. The summed E-state index contributed by atoms with van der Waals surface area (Å²) in [5, 5.41) is 6.59. The molecule has 2 aliphatic heterocycles. The predicted molar refractivity (Wildman–Crippen MR) is 106 cm³/mol. The van der Waals surface area contributed by atoms with E-state index >= 15 is 0 Å². The minimum Gasteiger partial charge on any atom is -0.486 e. The highest BCUT2D eigenvalue weighted by Crippen LogP contribution is 2.37. The highest BCUT2D eigenvalue weighted by molar-refractivity contribution is 7.13. The molecule has 28 heavy (non-hydrogen) atoms. The molecule has 5 rings (SSSR count). The van der Waals surface area contributed by atoms with Crippen molar-refractivity contribution < 1.29 is 18.9 Å². The van der Waals surface area contributed by atoms with E-state index in [0.29, 0.717) is 19.8 Å². The fourth-order valence-corrected chi connectivity index (χ4v) is 4.07. The molecule has 1 N–H and O–H groups in total. The molecule has 2 aliphatic rings. The van der Waals surface area contributed by atoms with Crippen molar-refractivity contribution in [1.29, 1.82) is 0 Å². The van der Waals surface area contributed by atoms with Crippen LogP contribution in [0.1, 0.15) is 24.2 Å². The van der Waals surface area contributed by atoms with E-state index in [4.69, 9.17) is 23.9 Å². The van der Waals surface area contributed by atoms with Gasteiger partial charge < -0.3 is 24.3 Å². The van der Waals surface area contributed by atoms with Crippen molar-refractivity contribution in [2.24, 2.45) is 0 Å². The molecule has 1 aromatic heterocycles. The molecule has 1 atom stereocenters. The number of nitrogens with zero attached hydrogens (tertiary/aromatic N) is 1. The fraction of sp³-hybridized carbons (Fsp3) is 0.286. The lowest BCUT2D eigenvalue weighted by atomic mass is 10.1. The fourth-order valence-electron chi connectivity index (χ4n) is 3.26. The second-order valence-electron chi connectivity index (χ2n) is 6.72. The molecule has 0 spiro atoms. The molecule has 0 radical (unpaired) electrons. The molecule has 144 valence electrons. The Kier molecular flexibility index (Phi) is 4.54. The number of hydrogen-bond acceptors (Lipinski definition) is 7. The molecular formula is C21H20N2O4S. The van der Waals surface area contributed by atoms with Crippen LogP contribution in [-0.4, -0.2) is 25.0 Å². The van der Waals surface area contributed by atoms with Crippen LogP contribution < -0.4 is 24.3 Å². The highest BCUT2D eigenvalue weighted by atomic mass is 32.1. The van der Waals surface area contributed by atoms with Gasteiger partial charge in [-0.05, 0) is 42.8 Å². The van der Waals surface area contributed by atoms with Gasteiger partial charge >= 0.3 is 0 Å². The summed E-state index contributed by atoms with van der Waals surface area (Å²) in [7, 11) is 0. The van der Waals surface area contributed by atoms with Gasteiger partial charge in [0.05, 0.1) is 5.69 Å². The van der Waals surface area contributed by atoms with Crippen LogP contribution in [0.3, 0.4) is 0 Å². The van der Waals surface area contributed by atoms with Crippen molar-refractivity contribution in [3.63, 3.8) is 0 Å². The van der Waals surface area contributed by atoms with Gasteiger partial charge in [0.15, 0.2) is 23.0 Å². The average molecular weight is 396 g/mol. The second kappa shape index (κ2) is 7.33. The summed E-state index contributed by atoms with van der Waals surface area (Å²) in [6, 6.07) is 12.2. The first-order valence-electron chi connectivity index (χ1n) is 9.23. The number of benzene rings is 2. The van der Waals surface area contributed by atoms with Gasteiger partial charge in [-0.25, -0.2) is 4.98 Å². The van der Waals surface area contributed by atoms with Gasteiger partial charge in [0.25, 0.3) is 0 Å². The summed E-state index contributed by atoms with van der Waals surface area (Å²) in [6.45, 7) is 4.31. The SMILES string of the molecule is CC(NCc1csc(-c2ccc3c(c2)OCO3)n1)c1ccc2c(c1)OCCO2. The minimum absolute atomic E-state index is 0.173. The van der Waals surface area contributed by atoms with Gasteiger partial charge in [-0.3, -0.25) is 0 Å². The summed E-state index contributed by atoms with van der Waals surface area (Å²) >= 11 is 1.63. The Balaban J connectivity index is 1.25. The first-order chi connectivity index (χ1) is 13.8. The monoisotopic (exact) mass is 396 g/mol. The molecule has 7 heteroatoms. The maximum absolute atomic E-state index is 5.68. The van der Waals surface area contributed by atoms with Crippen LogP contribution in [0.5, 0.6) is 23.0 Å². The Labute approximate surface area is 167 Å². The van der Waals surface area contributed by atoms with Gasteiger partial charge in [-0.2, -0.15) is 0 Å². The van der Waals surface area contributed by atoms with E-state index in [-0.39, 0.29) is 12.8 Å². The topological polar surface area (TPSA) is 61.8 Å². The zero-order valence-electron chi connectivity index (χ0n) is 15.4. The third-order valence-electron chi connectivity index (χ3n) is 4.83. The lowest BCUT2D eigenvalue weighted by Crippen LogP contribution is -2.19. The molecule has 6 nitrogen and oxygen atoms in total. The van der Waals surface area contributed by atoms with Gasteiger partial charge in [-0.15, -0.1) is 11.3 Å². The molecule has 2 aromatic carbocycles. The molecule has 0 aliphatic carbocycles.